The molecule has 5 rings (SSSR count). The van der Waals surface area contributed by atoms with Gasteiger partial charge in [0.15, 0.2) is 0 Å². The number of carbonyl (C=O) groups is 1. The number of H-pyrrole nitrogens is 1. The molecule has 0 radical (unpaired) electrons. The summed E-state index contributed by atoms with van der Waals surface area (Å²) in [6.45, 7) is 4.78. The Hall–Kier alpha value is -3.12. The lowest BCUT2D eigenvalue weighted by atomic mass is 9.89. The molecule has 180 valence electrons. The molecule has 8 heteroatoms. The van der Waals surface area contributed by atoms with E-state index in [1.165, 1.54) is 5.56 Å². The maximum absolute atomic E-state index is 13.4. The molecule has 2 aromatic carbocycles. The summed E-state index contributed by atoms with van der Waals surface area (Å²) in [6, 6.07) is 15.8. The Labute approximate surface area is 209 Å². The summed E-state index contributed by atoms with van der Waals surface area (Å²) in [5.41, 5.74) is 6.59. The van der Waals surface area contributed by atoms with Gasteiger partial charge in [-0.25, -0.2) is 4.98 Å². The fourth-order valence-electron chi connectivity index (χ4n) is 5.05. The predicted molar refractivity (Wildman–Crippen MR) is 136 cm³/mol. The smallest absolute Gasteiger partial charge is 0.253 e. The zero-order valence-corrected chi connectivity index (χ0v) is 20.9. The molecule has 1 saturated heterocycles. The van der Waals surface area contributed by atoms with Gasteiger partial charge in [0, 0.05) is 42.0 Å². The number of rotatable bonds is 4. The number of amides is 1. The van der Waals surface area contributed by atoms with Gasteiger partial charge in [-0.15, -0.1) is 4.31 Å². The van der Waals surface area contributed by atoms with E-state index in [9.17, 15) is 9.35 Å². The highest BCUT2D eigenvalue weighted by Crippen LogP contribution is 2.30. The van der Waals surface area contributed by atoms with Gasteiger partial charge in [0.1, 0.15) is 12.1 Å². The van der Waals surface area contributed by atoms with Gasteiger partial charge in [-0.1, -0.05) is 18.2 Å². The second-order valence-electron chi connectivity index (χ2n) is 9.38. The highest BCUT2D eigenvalue weighted by Gasteiger charge is 2.27. The zero-order chi connectivity index (χ0) is 24.5. The molecule has 3 aromatic rings. The Morgan fingerprint density at radius 2 is 1.91 bits per heavy atom. The van der Waals surface area contributed by atoms with E-state index in [2.05, 4.69) is 11.1 Å². The van der Waals surface area contributed by atoms with Gasteiger partial charge in [-0.2, -0.15) is 5.26 Å². The number of aromatic nitrogens is 2. The number of fused-ring (bicyclic) bond motifs is 1. The first kappa shape index (κ1) is 23.6. The molecular weight excluding hydrogens is 458 g/mol. The Morgan fingerprint density at radius 1 is 1.17 bits per heavy atom. The second-order valence-corrected chi connectivity index (χ2v) is 10.7. The van der Waals surface area contributed by atoms with Crippen LogP contribution in [0.3, 0.4) is 0 Å². The number of nitrogens with one attached hydrogen (secondary N) is 1. The van der Waals surface area contributed by atoms with Gasteiger partial charge >= 0.3 is 0 Å². The van der Waals surface area contributed by atoms with E-state index in [4.69, 9.17) is 10.2 Å². The number of nitrogens with zero attached hydrogens (tertiary/aromatic N) is 4. The first-order valence-electron chi connectivity index (χ1n) is 12.0. The van der Waals surface area contributed by atoms with E-state index in [0.717, 1.165) is 54.1 Å². The largest absolute Gasteiger partial charge is 0.598 e. The van der Waals surface area contributed by atoms with Crippen molar-refractivity contribution in [2.24, 2.45) is 0 Å². The van der Waals surface area contributed by atoms with Crippen molar-refractivity contribution in [3.05, 3.63) is 76.1 Å². The maximum atomic E-state index is 13.4. The number of aromatic amines is 1. The Kier molecular flexibility index (Phi) is 6.65. The van der Waals surface area contributed by atoms with Crippen molar-refractivity contribution < 1.29 is 9.35 Å². The molecule has 0 aliphatic carbocycles. The Morgan fingerprint density at radius 3 is 2.60 bits per heavy atom. The van der Waals surface area contributed by atoms with Crippen molar-refractivity contribution in [3.63, 3.8) is 0 Å². The molecule has 7 nitrogen and oxygen atoms in total. The lowest BCUT2D eigenvalue weighted by Gasteiger charge is -2.32. The van der Waals surface area contributed by atoms with Crippen molar-refractivity contribution in [1.82, 2.24) is 19.2 Å². The molecule has 1 amide bonds. The van der Waals surface area contributed by atoms with Crippen LogP contribution in [0.4, 0.5) is 0 Å². The number of hydrogen-bond acceptors (Lipinski definition) is 5. The normalized spacial score (nSPS) is 17.6. The molecule has 1 N–H and O–H groups in total. The summed E-state index contributed by atoms with van der Waals surface area (Å²) in [5.74, 6) is 1.23. The van der Waals surface area contributed by atoms with E-state index >= 15 is 0 Å². The molecule has 35 heavy (non-hydrogen) atoms. The van der Waals surface area contributed by atoms with Crippen LogP contribution >= 0.6 is 0 Å². The van der Waals surface area contributed by atoms with Crippen LogP contribution < -0.4 is 0 Å². The topological polar surface area (TPSA) is 99.1 Å². The SMILES string of the molecule is Cc1ccc(C(=O)N2CCC(c3ccc(C#N)cc3)CC2)cc1-c1nc2c([nH]1)CN([S+](C)[O-])CC2. The monoisotopic (exact) mass is 487 g/mol. The summed E-state index contributed by atoms with van der Waals surface area (Å²) in [4.78, 5) is 23.5. The van der Waals surface area contributed by atoms with E-state index in [0.29, 0.717) is 36.7 Å². The number of nitriles is 1. The van der Waals surface area contributed by atoms with Crippen molar-refractivity contribution >= 4 is 17.3 Å². The second kappa shape index (κ2) is 9.86. The highest BCUT2D eigenvalue weighted by atomic mass is 32.2. The summed E-state index contributed by atoms with van der Waals surface area (Å²) in [5, 5.41) is 9.01. The van der Waals surface area contributed by atoms with E-state index in [1.807, 2.05) is 58.6 Å². The molecular formula is C27H29N5O2S. The molecule has 1 aromatic heterocycles. The van der Waals surface area contributed by atoms with E-state index < -0.39 is 11.4 Å². The van der Waals surface area contributed by atoms with E-state index in [1.54, 1.807) is 6.26 Å². The molecule has 1 fully saturated rings. The first-order chi connectivity index (χ1) is 16.9. The van der Waals surface area contributed by atoms with Crippen LogP contribution in [-0.4, -0.2) is 55.5 Å². The van der Waals surface area contributed by atoms with Crippen molar-refractivity contribution in [2.45, 2.75) is 38.6 Å². The number of benzene rings is 2. The minimum Gasteiger partial charge on any atom is -0.598 e. The van der Waals surface area contributed by atoms with Gasteiger partial charge in [0.25, 0.3) is 5.91 Å². The molecule has 1 atom stereocenters. The number of carbonyl (C=O) groups excluding carboxylic acids is 1. The summed E-state index contributed by atoms with van der Waals surface area (Å²) < 4.78 is 13.8. The van der Waals surface area contributed by atoms with Crippen LogP contribution in [-0.2, 0) is 24.3 Å². The molecule has 0 saturated carbocycles. The van der Waals surface area contributed by atoms with Gasteiger partial charge in [0.2, 0.25) is 0 Å². The summed E-state index contributed by atoms with van der Waals surface area (Å²) in [6.07, 6.45) is 4.29. The lowest BCUT2D eigenvalue weighted by Crippen LogP contribution is -2.37. The minimum absolute atomic E-state index is 0.0494. The predicted octanol–water partition coefficient (Wildman–Crippen LogP) is 3.93. The molecule has 0 bridgehead atoms. The zero-order valence-electron chi connectivity index (χ0n) is 20.1. The standard InChI is InChI=1S/C27H29N5O2S/c1-18-3-6-22(15-23(18)26-29-24-11-14-32(35(2)34)17-25(24)30-26)27(33)31-12-9-21(10-13-31)20-7-4-19(16-28)5-8-20/h3-8,15,21H,9-14,17H2,1-2H3,(H,29,30). The third-order valence-corrected chi connectivity index (χ3v) is 8.23. The third kappa shape index (κ3) is 4.85. The quantitative estimate of drug-likeness (QED) is 0.562. The molecule has 2 aliphatic rings. The molecule has 2 aliphatic heterocycles. The summed E-state index contributed by atoms with van der Waals surface area (Å²) in [7, 11) is 0. The minimum atomic E-state index is -1.01. The lowest BCUT2D eigenvalue weighted by molar-refractivity contribution is 0.0713. The number of hydrogen-bond donors (Lipinski definition) is 1. The van der Waals surface area contributed by atoms with Crippen LogP contribution in [0.1, 0.15) is 57.2 Å². The van der Waals surface area contributed by atoms with Crippen LogP contribution in [0.15, 0.2) is 42.5 Å². The van der Waals surface area contributed by atoms with Crippen LogP contribution in [0.25, 0.3) is 11.4 Å². The average molecular weight is 488 g/mol. The van der Waals surface area contributed by atoms with Gasteiger partial charge in [0.05, 0.1) is 36.1 Å². The first-order valence-corrected chi connectivity index (χ1v) is 13.5. The summed E-state index contributed by atoms with van der Waals surface area (Å²) >= 11 is -1.01. The van der Waals surface area contributed by atoms with Crippen LogP contribution in [0.2, 0.25) is 0 Å². The molecule has 0 spiro atoms. The van der Waals surface area contributed by atoms with Crippen molar-refractivity contribution in [2.75, 3.05) is 25.9 Å². The van der Waals surface area contributed by atoms with Crippen molar-refractivity contribution in [1.29, 1.82) is 5.26 Å². The average Bonchev–Trinajstić information content (AvgIpc) is 3.32. The van der Waals surface area contributed by atoms with Gasteiger partial charge in [-0.3, -0.25) is 4.79 Å². The Bertz CT molecular complexity index is 1270. The third-order valence-electron chi connectivity index (χ3n) is 7.19. The molecule has 3 heterocycles. The molecule has 1 unspecified atom stereocenters. The van der Waals surface area contributed by atoms with Gasteiger partial charge in [-0.05, 0) is 61.1 Å². The maximum Gasteiger partial charge on any atom is 0.253 e. The van der Waals surface area contributed by atoms with Crippen LogP contribution in [0, 0.1) is 18.3 Å². The Balaban J connectivity index is 1.29. The number of piperidine rings is 1. The fourth-order valence-corrected chi connectivity index (χ4v) is 5.71. The number of likely N-dealkylation sites (tertiary alicyclic amines) is 1. The van der Waals surface area contributed by atoms with Crippen molar-refractivity contribution in [3.8, 4) is 17.5 Å². The van der Waals surface area contributed by atoms with E-state index in [-0.39, 0.29) is 5.91 Å². The number of aryl methyl sites for hydroxylation is 1. The van der Waals surface area contributed by atoms with Crippen LogP contribution in [0.5, 0.6) is 0 Å². The number of imidazole rings is 1. The highest BCUT2D eigenvalue weighted by molar-refractivity contribution is 7.88. The fraction of sp³-hybridized carbons (Fsp3) is 0.370. The van der Waals surface area contributed by atoms with Gasteiger partial charge < -0.3 is 14.4 Å².